The van der Waals surface area contributed by atoms with Gasteiger partial charge < -0.3 is 50.0 Å². The zero-order chi connectivity index (χ0) is 37.7. The summed E-state index contributed by atoms with van der Waals surface area (Å²) in [6, 6.07) is 1.74. The number of nitrogen functional groups attached to an aromatic ring is 1. The minimum absolute atomic E-state index is 0. The Morgan fingerprint density at radius 1 is 1.24 bits per heavy atom. The predicted octanol–water partition coefficient (Wildman–Crippen LogP) is -3.14. The number of aromatic nitrogens is 7. The van der Waals surface area contributed by atoms with Gasteiger partial charge in [0.1, 0.15) is 23.7 Å². The fraction of sp³-hybridized carbons (Fsp3) is 0.400. The van der Waals surface area contributed by atoms with Crippen molar-refractivity contribution in [2.75, 3.05) is 31.1 Å². The third-order valence-electron chi connectivity index (χ3n) is 9.00. The first-order chi connectivity index (χ1) is 25.3. The van der Waals surface area contributed by atoms with E-state index in [-0.39, 0.29) is 74.1 Å². The molecule has 2 fully saturated rings. The molecule has 5 N–H and O–H groups in total. The van der Waals surface area contributed by atoms with Gasteiger partial charge in [-0.3, -0.25) is 24.8 Å². The molecule has 3 aromatic heterocycles. The maximum absolute atomic E-state index is 13.9. The summed E-state index contributed by atoms with van der Waals surface area (Å²) in [4.78, 5) is 49.7. The van der Waals surface area contributed by atoms with Crippen LogP contribution in [0.3, 0.4) is 0 Å². The van der Waals surface area contributed by atoms with Crippen LogP contribution in [-0.2, 0) is 25.8 Å². The van der Waals surface area contributed by atoms with Crippen LogP contribution in [0, 0.1) is 0 Å². The molecule has 0 spiro atoms. The topological polar surface area (TPSA) is 282 Å². The summed E-state index contributed by atoms with van der Waals surface area (Å²) in [6.07, 6.45) is 1.87. The Hall–Kier alpha value is -4.32. The van der Waals surface area contributed by atoms with Crippen LogP contribution in [0.1, 0.15) is 44.1 Å². The minimum atomic E-state index is -1.88. The number of rotatable bonds is 12. The molecule has 3 aliphatic heterocycles. The van der Waals surface area contributed by atoms with Gasteiger partial charge in [0, 0.05) is 29.5 Å². The average molecular weight is 809 g/mol. The van der Waals surface area contributed by atoms with Crippen LogP contribution in [-0.4, -0.2) is 116 Å². The number of nitrogens with one attached hydrogen (secondary N) is 1. The first-order valence-corrected chi connectivity index (χ1v) is 18.3. The maximum Gasteiger partial charge on any atom is 1.00 e. The molecule has 0 aliphatic carbocycles. The molecule has 20 nitrogen and oxygen atoms in total. The molecule has 4 aromatic rings. The van der Waals surface area contributed by atoms with Gasteiger partial charge >= 0.3 is 29.6 Å². The number of halogens is 1. The van der Waals surface area contributed by atoms with Crippen molar-refractivity contribution in [3.63, 3.8) is 0 Å². The summed E-state index contributed by atoms with van der Waals surface area (Å²) in [5, 5.41) is 62.6. The molecule has 278 valence electrons. The number of carbonyl (C=O) groups excluding carboxylic acids is 3. The number of phenols is 2. The van der Waals surface area contributed by atoms with Crippen molar-refractivity contribution in [3.8, 4) is 23.0 Å². The van der Waals surface area contributed by atoms with Crippen molar-refractivity contribution in [1.82, 2.24) is 46.0 Å². The number of phenolic OH excluding ortho intramolecular Hbond substituents is 2. The van der Waals surface area contributed by atoms with E-state index in [9.17, 15) is 29.7 Å². The van der Waals surface area contributed by atoms with E-state index < -0.39 is 40.5 Å². The van der Waals surface area contributed by atoms with Crippen molar-refractivity contribution in [2.45, 2.75) is 50.3 Å². The van der Waals surface area contributed by atoms with Crippen LogP contribution < -0.4 is 50.8 Å². The molecule has 2 saturated heterocycles. The van der Waals surface area contributed by atoms with E-state index in [4.69, 9.17) is 26.6 Å². The van der Waals surface area contributed by atoms with Crippen molar-refractivity contribution in [1.29, 1.82) is 0 Å². The number of nitrogens with two attached hydrogens (primary N) is 1. The Labute approximate surface area is 341 Å². The number of oxime groups is 1. The van der Waals surface area contributed by atoms with E-state index in [0.29, 0.717) is 34.9 Å². The number of carboxylic acid groups (broad SMARTS) is 1. The predicted molar refractivity (Wildman–Crippen MR) is 184 cm³/mol. The Bertz CT molecular complexity index is 2150. The quantitative estimate of drug-likeness (QED) is 0.0275. The SMILES string of the molecule is CC(C)(O/N=C(\C(=O)N[C@@H]1C(=O)N2C(c3nnn[n-]3)=C(C[N+]3(Cc4nnc(-c5ccc(O)c(O)c5Cl)o4)CCCC3)CS[C@H]12)c1csc(N)n1)C(=O)[O-].[Na+]. The van der Waals surface area contributed by atoms with Crippen molar-refractivity contribution in [3.05, 3.63) is 45.5 Å². The normalized spacial score (nSPS) is 19.6. The Balaban J connectivity index is 0.00000497. The molecule has 54 heavy (non-hydrogen) atoms. The van der Waals surface area contributed by atoms with Crippen molar-refractivity contribution < 1.29 is 73.0 Å². The van der Waals surface area contributed by atoms with Gasteiger partial charge in [-0.2, -0.15) is 5.21 Å². The van der Waals surface area contributed by atoms with Gasteiger partial charge in [-0.25, -0.2) is 4.98 Å². The zero-order valence-corrected chi connectivity index (χ0v) is 33.3. The maximum atomic E-state index is 13.9. The molecule has 0 unspecified atom stereocenters. The Kier molecular flexibility index (Phi) is 11.3. The molecule has 0 saturated carbocycles. The van der Waals surface area contributed by atoms with Gasteiger partial charge in [0.05, 0.1) is 41.2 Å². The molecule has 0 radical (unpaired) electrons. The summed E-state index contributed by atoms with van der Waals surface area (Å²) >= 11 is 8.69. The molecular weight excluding hydrogens is 779 g/mol. The van der Waals surface area contributed by atoms with Gasteiger partial charge in [0.25, 0.3) is 17.7 Å². The largest absolute Gasteiger partial charge is 1.00 e. The number of anilines is 1. The fourth-order valence-corrected chi connectivity index (χ4v) is 8.40. The summed E-state index contributed by atoms with van der Waals surface area (Å²) in [6.45, 7) is 4.78. The van der Waals surface area contributed by atoms with E-state index in [2.05, 4.69) is 46.3 Å². The summed E-state index contributed by atoms with van der Waals surface area (Å²) in [7, 11) is 0. The molecule has 2 amide bonds. The Morgan fingerprint density at radius 2 is 2.00 bits per heavy atom. The number of hydrogen-bond donors (Lipinski definition) is 4. The summed E-state index contributed by atoms with van der Waals surface area (Å²) in [5.41, 5.74) is 5.11. The van der Waals surface area contributed by atoms with Crippen molar-refractivity contribution in [2.24, 2.45) is 5.16 Å². The fourth-order valence-electron chi connectivity index (χ4n) is 6.28. The number of aliphatic carboxylic acids is 1. The van der Waals surface area contributed by atoms with E-state index in [1.54, 1.807) is 0 Å². The number of likely N-dealkylation sites (tertiary alicyclic amines) is 1. The van der Waals surface area contributed by atoms with Crippen LogP contribution in [0.4, 0.5) is 5.13 Å². The molecule has 1 aromatic carbocycles. The molecule has 7 rings (SSSR count). The van der Waals surface area contributed by atoms with E-state index in [1.165, 1.54) is 48.0 Å². The van der Waals surface area contributed by atoms with Gasteiger partial charge in [-0.05, 0) is 26.0 Å². The minimum Gasteiger partial charge on any atom is -0.546 e. The van der Waals surface area contributed by atoms with Gasteiger partial charge in [-0.15, -0.1) is 33.3 Å². The number of β-lactam (4-membered cyclic amide) rings is 1. The van der Waals surface area contributed by atoms with Crippen LogP contribution in [0.15, 0.2) is 32.7 Å². The smallest absolute Gasteiger partial charge is 0.546 e. The number of thioether (sulfide) groups is 1. The number of thiazole rings is 1. The van der Waals surface area contributed by atoms with E-state index in [0.717, 1.165) is 42.8 Å². The standard InChI is InChI=1S/C30H31ClN12O8S2.Na/c1-30(2,28(48)49)51-39-19(15-12-53-29(32)33-15)24(46)34-20-26(47)42-21(23-36-40-41-37-23)13(11-52-27(20)42)9-43(7-3-4-8-43)10-17-35-38-25(50-17)14-5-6-16(44)22(45)18(14)31;/h5-6,12,20,27H,3-4,7-11H2,1-2H3,(H6-,32,33,34,36,37,38,39,40,41,44,45,46,48,49);/q;+1/p-1/t20-,27-;/m1./s1. The molecule has 2 atom stereocenters. The molecule has 6 heterocycles. The van der Waals surface area contributed by atoms with Crippen molar-refractivity contribution >= 4 is 69.0 Å². The average Bonchev–Trinajstić information content (AvgIpc) is 3.96. The summed E-state index contributed by atoms with van der Waals surface area (Å²) in [5.74, 6) is -2.72. The van der Waals surface area contributed by atoms with Gasteiger partial charge in [-0.1, -0.05) is 16.8 Å². The van der Waals surface area contributed by atoms with E-state index in [1.807, 2.05) is 0 Å². The first kappa shape index (κ1) is 39.4. The second-order valence-corrected chi connectivity index (χ2v) is 15.4. The number of hydrogen-bond acceptors (Lipinski definition) is 18. The third kappa shape index (κ3) is 7.50. The summed E-state index contributed by atoms with van der Waals surface area (Å²) < 4.78 is 6.51. The number of quaternary nitrogens is 1. The molecule has 0 bridgehead atoms. The van der Waals surface area contributed by atoms with Crippen LogP contribution in [0.25, 0.3) is 17.2 Å². The first-order valence-electron chi connectivity index (χ1n) is 16.0. The van der Waals surface area contributed by atoms with E-state index >= 15 is 0 Å². The number of benzene rings is 1. The van der Waals surface area contributed by atoms with Crippen LogP contribution in [0.2, 0.25) is 5.02 Å². The second-order valence-electron chi connectivity index (χ2n) is 13.0. The monoisotopic (exact) mass is 808 g/mol. The second kappa shape index (κ2) is 15.4. The van der Waals surface area contributed by atoms with Gasteiger partial charge in [0.2, 0.25) is 5.89 Å². The number of carbonyl (C=O) groups is 3. The molecular formula is C30H30ClN12NaO8S2. The van der Waals surface area contributed by atoms with Crippen LogP contribution >= 0.6 is 34.7 Å². The number of fused-ring (bicyclic) bond motifs is 1. The number of tetrazole rings is 1. The molecule has 24 heteroatoms. The number of amides is 2. The number of nitrogens with zero attached hydrogens (tertiary/aromatic N) is 10. The van der Waals surface area contributed by atoms with Crippen LogP contribution in [0.5, 0.6) is 11.5 Å². The number of carboxylic acids is 1. The number of aromatic hydroxyl groups is 2. The Morgan fingerprint density at radius 3 is 2.67 bits per heavy atom. The third-order valence-corrected chi connectivity index (χ3v) is 11.4. The van der Waals surface area contributed by atoms with Gasteiger partial charge in [0.15, 0.2) is 34.5 Å². The molecule has 3 aliphatic rings. The zero-order valence-electron chi connectivity index (χ0n) is 28.9.